The smallest absolute Gasteiger partial charge is 0.238 e. The minimum absolute atomic E-state index is 0. The second-order valence-corrected chi connectivity index (χ2v) is 4.94. The number of aromatic amines is 1. The van der Waals surface area contributed by atoms with E-state index in [9.17, 15) is 0 Å². The summed E-state index contributed by atoms with van der Waals surface area (Å²) in [5.41, 5.74) is 3.48. The molecule has 0 saturated heterocycles. The zero-order chi connectivity index (χ0) is 12.4. The van der Waals surface area contributed by atoms with E-state index in [1.807, 2.05) is 12.3 Å². The standard InChI is InChI=1S/C14H20N2O.ClH/c1-9(2)6-8-17-14-13-12(5-7-15-14)10(3)11(4)16-13;/h5,7,9,16H,6,8H2,1-4H3;1H. The minimum atomic E-state index is 0. The molecule has 2 heterocycles. The predicted molar refractivity (Wildman–Crippen MR) is 77.8 cm³/mol. The van der Waals surface area contributed by atoms with Crippen molar-refractivity contribution in [3.63, 3.8) is 0 Å². The number of nitrogens with one attached hydrogen (secondary N) is 1. The fourth-order valence-electron chi connectivity index (χ4n) is 1.86. The van der Waals surface area contributed by atoms with Crippen LogP contribution in [-0.4, -0.2) is 16.6 Å². The van der Waals surface area contributed by atoms with E-state index in [-0.39, 0.29) is 12.4 Å². The van der Waals surface area contributed by atoms with Gasteiger partial charge in [-0.25, -0.2) is 4.98 Å². The topological polar surface area (TPSA) is 37.9 Å². The molecule has 18 heavy (non-hydrogen) atoms. The molecule has 0 atom stereocenters. The summed E-state index contributed by atoms with van der Waals surface area (Å²) < 4.78 is 5.76. The first-order valence-electron chi connectivity index (χ1n) is 6.16. The molecule has 2 aromatic rings. The van der Waals surface area contributed by atoms with Crippen LogP contribution < -0.4 is 4.74 Å². The fraction of sp³-hybridized carbons (Fsp3) is 0.500. The number of hydrogen-bond acceptors (Lipinski definition) is 2. The normalized spacial score (nSPS) is 10.7. The molecule has 3 nitrogen and oxygen atoms in total. The summed E-state index contributed by atoms with van der Waals surface area (Å²) in [5.74, 6) is 1.38. The average molecular weight is 269 g/mol. The third kappa shape index (κ3) is 2.96. The Hall–Kier alpha value is -1.22. The summed E-state index contributed by atoms with van der Waals surface area (Å²) in [6, 6.07) is 2.03. The lowest BCUT2D eigenvalue weighted by Crippen LogP contribution is -2.02. The van der Waals surface area contributed by atoms with E-state index in [0.717, 1.165) is 24.4 Å². The Morgan fingerprint density at radius 1 is 1.33 bits per heavy atom. The zero-order valence-corrected chi connectivity index (χ0v) is 12.2. The van der Waals surface area contributed by atoms with Crippen molar-refractivity contribution < 1.29 is 4.74 Å². The lowest BCUT2D eigenvalue weighted by atomic mass is 10.1. The SMILES string of the molecule is Cc1[nH]c2c(OCCC(C)C)nccc2c1C.Cl. The highest BCUT2D eigenvalue weighted by molar-refractivity contribution is 5.87. The number of halogens is 1. The maximum Gasteiger partial charge on any atom is 0.238 e. The van der Waals surface area contributed by atoms with Crippen LogP contribution in [0.15, 0.2) is 12.3 Å². The Kier molecular flexibility index (Phi) is 5.03. The Balaban J connectivity index is 0.00000162. The number of ether oxygens (including phenoxy) is 1. The van der Waals surface area contributed by atoms with Crippen molar-refractivity contribution in [3.8, 4) is 5.88 Å². The molecular weight excluding hydrogens is 248 g/mol. The van der Waals surface area contributed by atoms with Crippen LogP contribution in [0.25, 0.3) is 10.9 Å². The molecule has 100 valence electrons. The summed E-state index contributed by atoms with van der Waals surface area (Å²) in [5, 5.41) is 1.21. The molecule has 0 aliphatic carbocycles. The monoisotopic (exact) mass is 268 g/mol. The summed E-state index contributed by atoms with van der Waals surface area (Å²) in [6.45, 7) is 9.31. The molecule has 0 spiro atoms. The molecule has 1 N–H and O–H groups in total. The Morgan fingerprint density at radius 3 is 2.72 bits per heavy atom. The molecule has 0 aliphatic rings. The predicted octanol–water partition coefficient (Wildman–Crippen LogP) is 4.03. The third-order valence-electron chi connectivity index (χ3n) is 3.13. The van der Waals surface area contributed by atoms with Crippen molar-refractivity contribution >= 4 is 23.3 Å². The van der Waals surface area contributed by atoms with E-state index >= 15 is 0 Å². The lowest BCUT2D eigenvalue weighted by Gasteiger charge is -2.07. The second-order valence-electron chi connectivity index (χ2n) is 4.94. The lowest BCUT2D eigenvalue weighted by molar-refractivity contribution is 0.282. The summed E-state index contributed by atoms with van der Waals surface area (Å²) >= 11 is 0. The van der Waals surface area contributed by atoms with E-state index in [2.05, 4.69) is 37.7 Å². The maximum absolute atomic E-state index is 5.76. The number of hydrogen-bond donors (Lipinski definition) is 1. The van der Waals surface area contributed by atoms with Gasteiger partial charge in [-0.1, -0.05) is 13.8 Å². The molecule has 0 aliphatic heterocycles. The molecule has 0 unspecified atom stereocenters. The highest BCUT2D eigenvalue weighted by atomic mass is 35.5. The van der Waals surface area contributed by atoms with E-state index < -0.39 is 0 Å². The van der Waals surface area contributed by atoms with Gasteiger partial charge in [-0.05, 0) is 37.8 Å². The number of nitrogens with zero attached hydrogens (tertiary/aromatic N) is 1. The number of H-pyrrole nitrogens is 1. The van der Waals surface area contributed by atoms with Crippen LogP contribution in [-0.2, 0) is 0 Å². The molecule has 4 heteroatoms. The van der Waals surface area contributed by atoms with Gasteiger partial charge in [0.1, 0.15) is 5.52 Å². The number of rotatable bonds is 4. The summed E-state index contributed by atoms with van der Waals surface area (Å²) in [7, 11) is 0. The quantitative estimate of drug-likeness (QED) is 0.909. The van der Waals surface area contributed by atoms with E-state index in [1.165, 1.54) is 16.6 Å². The first-order chi connectivity index (χ1) is 8.09. The van der Waals surface area contributed by atoms with Gasteiger partial charge in [0.05, 0.1) is 6.61 Å². The van der Waals surface area contributed by atoms with Crippen molar-refractivity contribution in [2.24, 2.45) is 5.92 Å². The Morgan fingerprint density at radius 2 is 2.06 bits per heavy atom. The Bertz CT molecular complexity index is 520. The summed E-state index contributed by atoms with van der Waals surface area (Å²) in [6.07, 6.45) is 2.87. The van der Waals surface area contributed by atoms with Gasteiger partial charge in [0, 0.05) is 17.3 Å². The minimum Gasteiger partial charge on any atom is -0.476 e. The number of fused-ring (bicyclic) bond motifs is 1. The maximum atomic E-state index is 5.76. The molecule has 2 aromatic heterocycles. The second kappa shape index (κ2) is 6.10. The highest BCUT2D eigenvalue weighted by Crippen LogP contribution is 2.27. The molecule has 0 aromatic carbocycles. The molecular formula is C14H21ClN2O. The molecule has 0 fully saturated rings. The van der Waals surface area contributed by atoms with Crippen molar-refractivity contribution in [1.82, 2.24) is 9.97 Å². The van der Waals surface area contributed by atoms with Crippen LogP contribution in [0.3, 0.4) is 0 Å². The van der Waals surface area contributed by atoms with Crippen molar-refractivity contribution in [3.05, 3.63) is 23.5 Å². The van der Waals surface area contributed by atoms with Gasteiger partial charge < -0.3 is 9.72 Å². The van der Waals surface area contributed by atoms with Gasteiger partial charge in [0.25, 0.3) is 0 Å². The first kappa shape index (κ1) is 14.8. The third-order valence-corrected chi connectivity index (χ3v) is 3.13. The van der Waals surface area contributed by atoms with Gasteiger partial charge in [-0.15, -0.1) is 12.4 Å². The van der Waals surface area contributed by atoms with Crippen LogP contribution in [0.5, 0.6) is 5.88 Å². The van der Waals surface area contributed by atoms with Gasteiger partial charge in [-0.2, -0.15) is 0 Å². The van der Waals surface area contributed by atoms with Gasteiger partial charge in [-0.3, -0.25) is 0 Å². The average Bonchev–Trinajstić information content (AvgIpc) is 2.56. The first-order valence-corrected chi connectivity index (χ1v) is 6.16. The largest absolute Gasteiger partial charge is 0.476 e. The van der Waals surface area contributed by atoms with Crippen LogP contribution in [0.1, 0.15) is 31.5 Å². The van der Waals surface area contributed by atoms with Crippen LogP contribution >= 0.6 is 12.4 Å². The fourth-order valence-corrected chi connectivity index (χ4v) is 1.86. The highest BCUT2D eigenvalue weighted by Gasteiger charge is 2.10. The molecule has 2 rings (SSSR count). The van der Waals surface area contributed by atoms with Gasteiger partial charge >= 0.3 is 0 Å². The number of aryl methyl sites for hydroxylation is 2. The van der Waals surface area contributed by atoms with E-state index in [0.29, 0.717) is 5.92 Å². The van der Waals surface area contributed by atoms with Gasteiger partial charge in [0.15, 0.2) is 0 Å². The number of pyridine rings is 1. The Labute approximate surface area is 114 Å². The summed E-state index contributed by atoms with van der Waals surface area (Å²) in [4.78, 5) is 7.65. The van der Waals surface area contributed by atoms with Crippen LogP contribution in [0.2, 0.25) is 0 Å². The van der Waals surface area contributed by atoms with Crippen LogP contribution in [0, 0.1) is 19.8 Å². The molecule has 0 bridgehead atoms. The molecule has 0 saturated carbocycles. The van der Waals surface area contributed by atoms with Crippen LogP contribution in [0.4, 0.5) is 0 Å². The van der Waals surface area contributed by atoms with Crippen molar-refractivity contribution in [2.45, 2.75) is 34.1 Å². The zero-order valence-electron chi connectivity index (χ0n) is 11.4. The molecule has 0 amide bonds. The van der Waals surface area contributed by atoms with E-state index in [1.54, 1.807) is 0 Å². The van der Waals surface area contributed by atoms with Crippen molar-refractivity contribution in [1.29, 1.82) is 0 Å². The van der Waals surface area contributed by atoms with Gasteiger partial charge in [0.2, 0.25) is 5.88 Å². The van der Waals surface area contributed by atoms with E-state index in [4.69, 9.17) is 4.74 Å². The van der Waals surface area contributed by atoms with Crippen molar-refractivity contribution in [2.75, 3.05) is 6.61 Å². The molecule has 0 radical (unpaired) electrons. The number of aromatic nitrogens is 2.